The van der Waals surface area contributed by atoms with Crippen molar-refractivity contribution in [3.05, 3.63) is 54.6 Å². The first kappa shape index (κ1) is 21.3. The number of rotatable bonds is 3. The number of nitrogens with one attached hydrogen (secondary N) is 2. The van der Waals surface area contributed by atoms with Crippen LogP contribution in [0.15, 0.2) is 54.6 Å². The molecule has 0 amide bonds. The van der Waals surface area contributed by atoms with Gasteiger partial charge in [0.1, 0.15) is 17.9 Å². The van der Waals surface area contributed by atoms with E-state index in [1.807, 2.05) is 43.0 Å². The molecule has 0 spiro atoms. The minimum atomic E-state index is 0.119. The Hall–Kier alpha value is -3.56. The summed E-state index contributed by atoms with van der Waals surface area (Å²) in [5.74, 6) is 0.674. The van der Waals surface area contributed by atoms with Gasteiger partial charge < -0.3 is 15.7 Å². The summed E-state index contributed by atoms with van der Waals surface area (Å²) in [6.45, 7) is 2.50. The van der Waals surface area contributed by atoms with Crippen LogP contribution in [0.2, 0.25) is 0 Å². The molecule has 168 valence electrons. The number of aryl methyl sites for hydroxylation is 1. The number of hydrogen-bond donors (Lipinski definition) is 3. The molecule has 6 rings (SSSR count). The fraction of sp³-hybridized carbons (Fsp3) is 0.250. The third-order valence-corrected chi connectivity index (χ3v) is 6.35. The number of aromatic hydroxyl groups is 1. The summed E-state index contributed by atoms with van der Waals surface area (Å²) in [7, 11) is 1.86. The lowest BCUT2D eigenvalue weighted by atomic mass is 10.1. The standard InChI is InChI=1S/C19H14N6OS.C5H11N/c1-25-8-12(7-23-25)11-4-15-18(16(26)5-11)19(21-9-20-15)24-13-2-3-14-17(6-13)27-10-22-14;1-2-4-6-5-3-1/h2-10,26H,1H3,(H,20,21,24);6H,1-5H2. The summed E-state index contributed by atoms with van der Waals surface area (Å²) in [5, 5.41) is 22.0. The highest BCUT2D eigenvalue weighted by molar-refractivity contribution is 7.16. The van der Waals surface area contributed by atoms with Gasteiger partial charge in [0, 0.05) is 24.5 Å². The Morgan fingerprint density at radius 3 is 2.61 bits per heavy atom. The van der Waals surface area contributed by atoms with E-state index in [1.165, 1.54) is 38.7 Å². The van der Waals surface area contributed by atoms with E-state index in [4.69, 9.17) is 0 Å². The molecule has 8 nitrogen and oxygen atoms in total. The molecule has 0 unspecified atom stereocenters. The lowest BCUT2D eigenvalue weighted by Crippen LogP contribution is -2.21. The monoisotopic (exact) mass is 459 g/mol. The van der Waals surface area contributed by atoms with Crippen LogP contribution in [0, 0.1) is 0 Å². The zero-order valence-electron chi connectivity index (χ0n) is 18.3. The summed E-state index contributed by atoms with van der Waals surface area (Å²) in [6, 6.07) is 9.54. The molecule has 1 aliphatic heterocycles. The van der Waals surface area contributed by atoms with Crippen LogP contribution in [0.3, 0.4) is 0 Å². The van der Waals surface area contributed by atoms with Gasteiger partial charge in [-0.15, -0.1) is 11.3 Å². The normalized spacial score (nSPS) is 13.6. The number of thiazole rings is 1. The van der Waals surface area contributed by atoms with Gasteiger partial charge in [0.25, 0.3) is 0 Å². The van der Waals surface area contributed by atoms with Crippen molar-refractivity contribution >= 4 is 44.0 Å². The van der Waals surface area contributed by atoms with Gasteiger partial charge in [0.2, 0.25) is 0 Å². The molecule has 0 aliphatic carbocycles. The Morgan fingerprint density at radius 1 is 1.00 bits per heavy atom. The third-order valence-electron chi connectivity index (χ3n) is 5.56. The number of anilines is 2. The second kappa shape index (κ2) is 9.51. The number of hydrogen-bond acceptors (Lipinski definition) is 8. The molecule has 3 aromatic heterocycles. The van der Waals surface area contributed by atoms with E-state index in [-0.39, 0.29) is 5.75 Å². The maximum Gasteiger partial charge on any atom is 0.145 e. The van der Waals surface area contributed by atoms with Crippen LogP contribution in [0.4, 0.5) is 11.5 Å². The molecule has 0 bridgehead atoms. The van der Waals surface area contributed by atoms with Crippen molar-refractivity contribution in [3.8, 4) is 16.9 Å². The van der Waals surface area contributed by atoms with E-state index >= 15 is 0 Å². The molecule has 33 heavy (non-hydrogen) atoms. The molecule has 0 radical (unpaired) electrons. The highest BCUT2D eigenvalue weighted by atomic mass is 32.1. The largest absolute Gasteiger partial charge is 0.507 e. The van der Waals surface area contributed by atoms with Gasteiger partial charge in [-0.05, 0) is 61.8 Å². The first-order valence-electron chi connectivity index (χ1n) is 10.9. The summed E-state index contributed by atoms with van der Waals surface area (Å²) >= 11 is 1.58. The SMILES string of the molecule is C1CCNCC1.Cn1cc(-c2cc(O)c3c(Nc4ccc5ncsc5c4)ncnc3c2)cn1. The topological polar surface area (TPSA) is 101 Å². The summed E-state index contributed by atoms with van der Waals surface area (Å²) in [4.78, 5) is 12.9. The van der Waals surface area contributed by atoms with E-state index in [1.54, 1.807) is 28.3 Å². The zero-order chi connectivity index (χ0) is 22.6. The predicted molar refractivity (Wildman–Crippen MR) is 133 cm³/mol. The van der Waals surface area contributed by atoms with Crippen LogP contribution in [-0.4, -0.2) is 42.9 Å². The second-order valence-electron chi connectivity index (χ2n) is 7.98. The maximum absolute atomic E-state index is 10.7. The van der Waals surface area contributed by atoms with Gasteiger partial charge in [0.15, 0.2) is 0 Å². The molecule has 9 heteroatoms. The Bertz CT molecular complexity index is 1380. The Labute approximate surface area is 195 Å². The number of piperidine rings is 1. The quantitative estimate of drug-likeness (QED) is 0.355. The Kier molecular flexibility index (Phi) is 6.14. The third kappa shape index (κ3) is 4.79. The lowest BCUT2D eigenvalue weighted by Gasteiger charge is -2.11. The maximum atomic E-state index is 10.7. The summed E-state index contributed by atoms with van der Waals surface area (Å²) in [6.07, 6.45) is 9.35. The Morgan fingerprint density at radius 2 is 1.88 bits per heavy atom. The predicted octanol–water partition coefficient (Wildman–Crippen LogP) is 4.85. The van der Waals surface area contributed by atoms with Crippen LogP contribution < -0.4 is 10.6 Å². The smallest absolute Gasteiger partial charge is 0.145 e. The molecule has 1 fully saturated rings. The van der Waals surface area contributed by atoms with Crippen LogP contribution in [-0.2, 0) is 7.05 Å². The van der Waals surface area contributed by atoms with Crippen molar-refractivity contribution in [2.45, 2.75) is 19.3 Å². The number of phenolic OH excluding ortho intramolecular Hbond substituents is 1. The van der Waals surface area contributed by atoms with Crippen molar-refractivity contribution in [1.82, 2.24) is 30.0 Å². The van der Waals surface area contributed by atoms with Crippen molar-refractivity contribution in [2.24, 2.45) is 7.05 Å². The molecule has 5 aromatic rings. The fourth-order valence-electron chi connectivity index (χ4n) is 3.87. The fourth-order valence-corrected chi connectivity index (χ4v) is 4.59. The van der Waals surface area contributed by atoms with Crippen molar-refractivity contribution in [2.75, 3.05) is 18.4 Å². The van der Waals surface area contributed by atoms with Gasteiger partial charge in [-0.1, -0.05) is 6.42 Å². The highest BCUT2D eigenvalue weighted by Crippen LogP contribution is 2.35. The van der Waals surface area contributed by atoms with E-state index in [9.17, 15) is 5.11 Å². The van der Waals surface area contributed by atoms with Gasteiger partial charge in [-0.3, -0.25) is 4.68 Å². The zero-order valence-corrected chi connectivity index (χ0v) is 19.1. The van der Waals surface area contributed by atoms with E-state index in [0.717, 1.165) is 27.0 Å². The first-order valence-corrected chi connectivity index (χ1v) is 11.8. The number of aromatic nitrogens is 5. The number of benzene rings is 2. The van der Waals surface area contributed by atoms with E-state index < -0.39 is 0 Å². The minimum Gasteiger partial charge on any atom is -0.507 e. The van der Waals surface area contributed by atoms with Crippen molar-refractivity contribution < 1.29 is 5.11 Å². The van der Waals surface area contributed by atoms with Gasteiger partial charge >= 0.3 is 0 Å². The van der Waals surface area contributed by atoms with E-state index in [0.29, 0.717) is 16.7 Å². The molecule has 0 saturated carbocycles. The molecule has 0 atom stereocenters. The first-order chi connectivity index (χ1) is 16.2. The molecule has 2 aromatic carbocycles. The summed E-state index contributed by atoms with van der Waals surface area (Å²) < 4.78 is 2.81. The van der Waals surface area contributed by atoms with Crippen LogP contribution in [0.5, 0.6) is 5.75 Å². The molecular weight excluding hydrogens is 434 g/mol. The molecule has 4 heterocycles. The molecule has 3 N–H and O–H groups in total. The highest BCUT2D eigenvalue weighted by Gasteiger charge is 2.13. The number of phenols is 1. The molecule has 1 saturated heterocycles. The van der Waals surface area contributed by atoms with Crippen LogP contribution in [0.25, 0.3) is 32.2 Å². The number of nitrogens with zero attached hydrogens (tertiary/aromatic N) is 5. The second-order valence-corrected chi connectivity index (χ2v) is 8.87. The van der Waals surface area contributed by atoms with Crippen LogP contribution >= 0.6 is 11.3 Å². The summed E-state index contributed by atoms with van der Waals surface area (Å²) in [5.41, 5.74) is 6.08. The van der Waals surface area contributed by atoms with Crippen molar-refractivity contribution in [1.29, 1.82) is 0 Å². The molecular formula is C24H25N7OS. The average Bonchev–Trinajstić information content (AvgIpc) is 3.49. The van der Waals surface area contributed by atoms with Crippen molar-refractivity contribution in [3.63, 3.8) is 0 Å². The van der Waals surface area contributed by atoms with Gasteiger partial charge in [0.05, 0.1) is 32.8 Å². The molecule has 1 aliphatic rings. The van der Waals surface area contributed by atoms with Gasteiger partial charge in [-0.2, -0.15) is 5.10 Å². The van der Waals surface area contributed by atoms with Gasteiger partial charge in [-0.25, -0.2) is 15.0 Å². The lowest BCUT2D eigenvalue weighted by molar-refractivity contribution is 0.482. The van der Waals surface area contributed by atoms with E-state index in [2.05, 4.69) is 30.7 Å². The Balaban J connectivity index is 0.000000332. The minimum absolute atomic E-state index is 0.119. The average molecular weight is 460 g/mol. The number of fused-ring (bicyclic) bond motifs is 2. The van der Waals surface area contributed by atoms with Crippen LogP contribution in [0.1, 0.15) is 19.3 Å².